The molecule has 0 aliphatic heterocycles. The minimum atomic E-state index is -0.477. The molecule has 1 saturated carbocycles. The van der Waals surface area contributed by atoms with Gasteiger partial charge in [-0.05, 0) is 36.5 Å². The molecule has 0 radical (unpaired) electrons. The first-order chi connectivity index (χ1) is 11.6. The first-order valence-electron chi connectivity index (χ1n) is 8.57. The molecule has 0 spiro atoms. The van der Waals surface area contributed by atoms with Gasteiger partial charge in [0.1, 0.15) is 5.69 Å². The summed E-state index contributed by atoms with van der Waals surface area (Å²) in [6.45, 7) is -0.229. The van der Waals surface area contributed by atoms with Crippen molar-refractivity contribution in [2.24, 2.45) is 7.05 Å². The third-order valence-electron chi connectivity index (χ3n) is 4.80. The highest BCUT2D eigenvalue weighted by Gasteiger charge is 2.17. The van der Waals surface area contributed by atoms with Gasteiger partial charge in [-0.1, -0.05) is 43.5 Å². The van der Waals surface area contributed by atoms with Crippen LogP contribution >= 0.6 is 0 Å². The lowest BCUT2D eigenvalue weighted by atomic mass is 9.84. The van der Waals surface area contributed by atoms with Crippen LogP contribution in [-0.4, -0.2) is 22.9 Å². The van der Waals surface area contributed by atoms with Gasteiger partial charge >= 0.3 is 5.97 Å². The second kappa shape index (κ2) is 7.47. The molecule has 4 heteroatoms. The van der Waals surface area contributed by atoms with E-state index in [9.17, 15) is 9.59 Å². The number of hydrogen-bond acceptors (Lipinski definition) is 3. The first kappa shape index (κ1) is 16.5. The molecular formula is C20H23NO3. The molecule has 24 heavy (non-hydrogen) atoms. The fourth-order valence-electron chi connectivity index (χ4n) is 3.34. The van der Waals surface area contributed by atoms with E-state index >= 15 is 0 Å². The van der Waals surface area contributed by atoms with Gasteiger partial charge in [0.15, 0.2) is 12.4 Å². The molecule has 0 N–H and O–H groups in total. The molecule has 0 atom stereocenters. The summed E-state index contributed by atoms with van der Waals surface area (Å²) in [6.07, 6.45) is 8.16. The summed E-state index contributed by atoms with van der Waals surface area (Å²) in [7, 11) is 1.77. The summed E-state index contributed by atoms with van der Waals surface area (Å²) in [5.41, 5.74) is 2.34. The van der Waals surface area contributed by atoms with Crippen molar-refractivity contribution in [3.05, 3.63) is 59.4 Å². The SMILES string of the molecule is Cn1cccc1C(=O)OCC(=O)c1ccc(C2CCCCC2)cc1. The Morgan fingerprint density at radius 2 is 1.79 bits per heavy atom. The number of rotatable bonds is 5. The van der Waals surface area contributed by atoms with Crippen LogP contribution in [-0.2, 0) is 11.8 Å². The highest BCUT2D eigenvalue weighted by atomic mass is 16.5. The van der Waals surface area contributed by atoms with Crippen LogP contribution in [0.2, 0.25) is 0 Å². The number of benzene rings is 1. The van der Waals surface area contributed by atoms with Crippen LogP contribution in [0.25, 0.3) is 0 Å². The molecule has 0 amide bonds. The van der Waals surface area contributed by atoms with Gasteiger partial charge in [0.2, 0.25) is 0 Å². The maximum Gasteiger partial charge on any atom is 0.355 e. The van der Waals surface area contributed by atoms with Gasteiger partial charge in [-0.3, -0.25) is 4.79 Å². The quantitative estimate of drug-likeness (QED) is 0.614. The molecule has 0 bridgehead atoms. The van der Waals surface area contributed by atoms with E-state index in [2.05, 4.69) is 0 Å². The molecule has 1 fully saturated rings. The molecule has 4 nitrogen and oxygen atoms in total. The Bertz CT molecular complexity index is 709. The number of Topliss-reactive ketones (excluding diaryl/α,β-unsaturated/α-hetero) is 1. The monoisotopic (exact) mass is 325 g/mol. The van der Waals surface area contributed by atoms with Crippen molar-refractivity contribution in [2.45, 2.75) is 38.0 Å². The number of aromatic nitrogens is 1. The zero-order valence-corrected chi connectivity index (χ0v) is 14.0. The number of ether oxygens (including phenoxy) is 1. The highest BCUT2D eigenvalue weighted by molar-refractivity contribution is 5.99. The van der Waals surface area contributed by atoms with Crippen molar-refractivity contribution in [1.29, 1.82) is 0 Å². The van der Waals surface area contributed by atoms with Crippen molar-refractivity contribution in [1.82, 2.24) is 4.57 Å². The Labute approximate surface area is 142 Å². The van der Waals surface area contributed by atoms with Crippen molar-refractivity contribution >= 4 is 11.8 Å². The molecule has 1 aliphatic carbocycles. The zero-order chi connectivity index (χ0) is 16.9. The molecule has 3 rings (SSSR count). The van der Waals surface area contributed by atoms with Gasteiger partial charge in [-0.15, -0.1) is 0 Å². The van der Waals surface area contributed by atoms with Crippen LogP contribution in [0.15, 0.2) is 42.6 Å². The van der Waals surface area contributed by atoms with Crippen LogP contribution in [0.3, 0.4) is 0 Å². The predicted octanol–water partition coefficient (Wildman–Crippen LogP) is 4.11. The third-order valence-corrected chi connectivity index (χ3v) is 4.80. The van der Waals surface area contributed by atoms with Crippen LogP contribution in [0, 0.1) is 0 Å². The Morgan fingerprint density at radius 1 is 1.08 bits per heavy atom. The summed E-state index contributed by atoms with van der Waals surface area (Å²) < 4.78 is 6.79. The van der Waals surface area contributed by atoms with Gasteiger partial charge in [0, 0.05) is 18.8 Å². The molecular weight excluding hydrogens is 302 g/mol. The fraction of sp³-hybridized carbons (Fsp3) is 0.400. The minimum absolute atomic E-state index is 0.173. The van der Waals surface area contributed by atoms with E-state index in [-0.39, 0.29) is 12.4 Å². The number of ketones is 1. The Morgan fingerprint density at radius 3 is 2.42 bits per heavy atom. The average Bonchev–Trinajstić information content (AvgIpc) is 3.06. The number of carbonyl (C=O) groups is 2. The van der Waals surface area contributed by atoms with E-state index in [1.54, 1.807) is 29.9 Å². The normalized spacial score (nSPS) is 15.2. The molecule has 126 valence electrons. The Kier molecular flexibility index (Phi) is 5.14. The molecule has 1 aromatic heterocycles. The summed E-state index contributed by atoms with van der Waals surface area (Å²) >= 11 is 0. The fourth-order valence-corrected chi connectivity index (χ4v) is 3.34. The molecule has 1 aliphatic rings. The van der Waals surface area contributed by atoms with Gasteiger partial charge in [0.25, 0.3) is 0 Å². The lowest BCUT2D eigenvalue weighted by molar-refractivity contribution is 0.0465. The lowest BCUT2D eigenvalue weighted by Crippen LogP contribution is -2.16. The molecule has 0 saturated heterocycles. The van der Waals surface area contributed by atoms with Crippen LogP contribution < -0.4 is 0 Å². The summed E-state index contributed by atoms with van der Waals surface area (Å²) in [5.74, 6) is -0.0273. The number of nitrogens with zero attached hydrogens (tertiary/aromatic N) is 1. The van der Waals surface area contributed by atoms with Gasteiger partial charge < -0.3 is 9.30 Å². The minimum Gasteiger partial charge on any atom is -0.453 e. The number of esters is 1. The van der Waals surface area contributed by atoms with E-state index in [1.807, 2.05) is 24.3 Å². The van der Waals surface area contributed by atoms with E-state index in [0.717, 1.165) is 0 Å². The molecule has 1 aromatic carbocycles. The van der Waals surface area contributed by atoms with Crippen LogP contribution in [0.1, 0.15) is 64.4 Å². The highest BCUT2D eigenvalue weighted by Crippen LogP contribution is 2.32. The van der Waals surface area contributed by atoms with Crippen molar-refractivity contribution < 1.29 is 14.3 Å². The summed E-state index contributed by atoms with van der Waals surface area (Å²) in [4.78, 5) is 24.1. The van der Waals surface area contributed by atoms with Crippen molar-refractivity contribution in [3.63, 3.8) is 0 Å². The topological polar surface area (TPSA) is 48.3 Å². The predicted molar refractivity (Wildman–Crippen MR) is 92.3 cm³/mol. The molecule has 2 aromatic rings. The number of hydrogen-bond donors (Lipinski definition) is 0. The van der Waals surface area contributed by atoms with E-state index in [0.29, 0.717) is 17.2 Å². The Hall–Kier alpha value is -2.36. The first-order valence-corrected chi connectivity index (χ1v) is 8.57. The summed E-state index contributed by atoms with van der Waals surface area (Å²) in [5, 5.41) is 0. The number of carbonyl (C=O) groups excluding carboxylic acids is 2. The van der Waals surface area contributed by atoms with Crippen LogP contribution in [0.4, 0.5) is 0 Å². The molecule has 0 unspecified atom stereocenters. The maximum atomic E-state index is 12.2. The van der Waals surface area contributed by atoms with Crippen molar-refractivity contribution in [3.8, 4) is 0 Å². The maximum absolute atomic E-state index is 12.2. The largest absolute Gasteiger partial charge is 0.453 e. The van der Waals surface area contributed by atoms with E-state index in [4.69, 9.17) is 4.74 Å². The third kappa shape index (κ3) is 3.75. The van der Waals surface area contributed by atoms with Crippen molar-refractivity contribution in [2.75, 3.05) is 6.61 Å². The summed E-state index contributed by atoms with van der Waals surface area (Å²) in [6, 6.07) is 11.2. The number of aryl methyl sites for hydroxylation is 1. The standard InChI is InChI=1S/C20H23NO3/c1-21-13-5-8-18(21)20(23)24-14-19(22)17-11-9-16(10-12-17)15-6-3-2-4-7-15/h5,8-13,15H,2-4,6-7,14H2,1H3. The second-order valence-corrected chi connectivity index (χ2v) is 6.46. The molecule has 1 heterocycles. The lowest BCUT2D eigenvalue weighted by Gasteiger charge is -2.22. The zero-order valence-electron chi connectivity index (χ0n) is 14.0. The van der Waals surface area contributed by atoms with Gasteiger partial charge in [0.05, 0.1) is 0 Å². The van der Waals surface area contributed by atoms with Gasteiger partial charge in [-0.25, -0.2) is 4.79 Å². The van der Waals surface area contributed by atoms with Gasteiger partial charge in [-0.2, -0.15) is 0 Å². The smallest absolute Gasteiger partial charge is 0.355 e. The van der Waals surface area contributed by atoms with E-state index in [1.165, 1.54) is 37.7 Å². The average molecular weight is 325 g/mol. The Balaban J connectivity index is 1.57. The van der Waals surface area contributed by atoms with E-state index < -0.39 is 5.97 Å². The van der Waals surface area contributed by atoms with Crippen LogP contribution in [0.5, 0.6) is 0 Å². The second-order valence-electron chi connectivity index (χ2n) is 6.46.